The minimum atomic E-state index is -0.245. The number of ether oxygens (including phenoxy) is 2. The van der Waals surface area contributed by atoms with Gasteiger partial charge in [0.2, 0.25) is 5.95 Å². The van der Waals surface area contributed by atoms with Crippen LogP contribution in [0.5, 0.6) is 11.5 Å². The van der Waals surface area contributed by atoms with Crippen molar-refractivity contribution in [1.29, 1.82) is 0 Å². The van der Waals surface area contributed by atoms with E-state index in [1.54, 1.807) is 14.2 Å². The van der Waals surface area contributed by atoms with Crippen molar-refractivity contribution in [2.75, 3.05) is 24.9 Å². The highest BCUT2D eigenvalue weighted by Gasteiger charge is 2.10. The van der Waals surface area contributed by atoms with Crippen LogP contribution in [0, 0.1) is 13.8 Å². The summed E-state index contributed by atoms with van der Waals surface area (Å²) in [5.41, 5.74) is 4.24. The smallest absolute Gasteiger partial charge is 0.258 e. The van der Waals surface area contributed by atoms with Crippen LogP contribution in [0.4, 0.5) is 11.6 Å². The van der Waals surface area contributed by atoms with Crippen molar-refractivity contribution >= 4 is 17.5 Å². The Labute approximate surface area is 170 Å². The molecule has 7 heteroatoms. The molecule has 0 radical (unpaired) electrons. The van der Waals surface area contributed by atoms with E-state index in [0.717, 1.165) is 22.4 Å². The van der Waals surface area contributed by atoms with Gasteiger partial charge in [-0.15, -0.1) is 0 Å². The lowest BCUT2D eigenvalue weighted by atomic mass is 10.1. The van der Waals surface area contributed by atoms with E-state index in [2.05, 4.69) is 20.6 Å². The van der Waals surface area contributed by atoms with Gasteiger partial charge in [-0.1, -0.05) is 18.2 Å². The molecule has 1 amide bonds. The lowest BCUT2D eigenvalue weighted by Gasteiger charge is -2.11. The molecular weight excluding hydrogens is 368 g/mol. The summed E-state index contributed by atoms with van der Waals surface area (Å²) in [5, 5.41) is 6.03. The molecule has 0 bridgehead atoms. The number of methoxy groups -OCH3 is 2. The maximum absolute atomic E-state index is 12.5. The third kappa shape index (κ3) is 5.01. The third-order valence-corrected chi connectivity index (χ3v) is 4.45. The van der Waals surface area contributed by atoms with Gasteiger partial charge in [-0.2, -0.15) is 0 Å². The Balaban J connectivity index is 1.63. The van der Waals surface area contributed by atoms with Crippen molar-refractivity contribution < 1.29 is 14.3 Å². The van der Waals surface area contributed by atoms with Crippen molar-refractivity contribution in [3.8, 4) is 11.5 Å². The summed E-state index contributed by atoms with van der Waals surface area (Å²) >= 11 is 0. The lowest BCUT2D eigenvalue weighted by molar-refractivity contribution is 0.102. The molecule has 0 atom stereocenters. The van der Waals surface area contributed by atoms with E-state index in [9.17, 15) is 4.79 Å². The standard InChI is InChI=1S/C22H24N4O3/c1-14-5-6-15(2)18(9-14)26-21(27)17-12-24-22(25-13-17)23-11-16-7-8-19(28-3)20(10-16)29-4/h5-10,12-13H,11H2,1-4H3,(H,26,27)(H,23,24,25). The normalized spacial score (nSPS) is 10.3. The van der Waals surface area contributed by atoms with E-state index in [1.807, 2.05) is 50.2 Å². The van der Waals surface area contributed by atoms with Crippen LogP contribution in [-0.2, 0) is 6.54 Å². The molecule has 29 heavy (non-hydrogen) atoms. The molecule has 3 rings (SSSR count). The van der Waals surface area contributed by atoms with E-state index in [1.165, 1.54) is 12.4 Å². The first kappa shape index (κ1) is 20.1. The van der Waals surface area contributed by atoms with Crippen molar-refractivity contribution in [2.24, 2.45) is 0 Å². The zero-order chi connectivity index (χ0) is 20.8. The fraction of sp³-hybridized carbons (Fsp3) is 0.227. The zero-order valence-electron chi connectivity index (χ0n) is 16.9. The summed E-state index contributed by atoms with van der Waals surface area (Å²) in [5.74, 6) is 1.52. The van der Waals surface area contributed by atoms with Gasteiger partial charge >= 0.3 is 0 Å². The highest BCUT2D eigenvalue weighted by molar-refractivity contribution is 6.04. The van der Waals surface area contributed by atoms with Crippen LogP contribution in [0.1, 0.15) is 27.0 Å². The van der Waals surface area contributed by atoms with Gasteiger partial charge in [-0.25, -0.2) is 9.97 Å². The zero-order valence-corrected chi connectivity index (χ0v) is 16.9. The Morgan fingerprint density at radius 2 is 1.69 bits per heavy atom. The number of hydrogen-bond acceptors (Lipinski definition) is 6. The second kappa shape index (κ2) is 9.05. The maximum Gasteiger partial charge on any atom is 0.258 e. The molecule has 0 aliphatic rings. The predicted octanol–water partition coefficient (Wildman–Crippen LogP) is 3.98. The molecule has 0 spiro atoms. The van der Waals surface area contributed by atoms with Gasteiger partial charge in [0.1, 0.15) is 0 Å². The summed E-state index contributed by atoms with van der Waals surface area (Å²) in [7, 11) is 3.20. The predicted molar refractivity (Wildman–Crippen MR) is 113 cm³/mol. The molecule has 3 aromatic rings. The number of aryl methyl sites for hydroxylation is 2. The van der Waals surface area contributed by atoms with Gasteiger partial charge in [0.25, 0.3) is 5.91 Å². The molecule has 150 valence electrons. The van der Waals surface area contributed by atoms with Gasteiger partial charge in [0, 0.05) is 24.6 Å². The van der Waals surface area contributed by atoms with E-state index >= 15 is 0 Å². The van der Waals surface area contributed by atoms with Gasteiger partial charge in [0.05, 0.1) is 19.8 Å². The van der Waals surface area contributed by atoms with Crippen LogP contribution in [0.2, 0.25) is 0 Å². The molecule has 7 nitrogen and oxygen atoms in total. The highest BCUT2D eigenvalue weighted by atomic mass is 16.5. The number of rotatable bonds is 7. The molecule has 0 fully saturated rings. The van der Waals surface area contributed by atoms with Crippen LogP contribution >= 0.6 is 0 Å². The second-order valence-electron chi connectivity index (χ2n) is 6.61. The third-order valence-electron chi connectivity index (χ3n) is 4.45. The Hall–Kier alpha value is -3.61. The first-order valence-corrected chi connectivity index (χ1v) is 9.15. The van der Waals surface area contributed by atoms with Crippen LogP contribution in [0.3, 0.4) is 0 Å². The number of benzene rings is 2. The van der Waals surface area contributed by atoms with Crippen molar-refractivity contribution in [3.63, 3.8) is 0 Å². The largest absolute Gasteiger partial charge is 0.493 e. The molecular formula is C22H24N4O3. The topological polar surface area (TPSA) is 85.4 Å². The summed E-state index contributed by atoms with van der Waals surface area (Å²) in [6.07, 6.45) is 3.01. The van der Waals surface area contributed by atoms with E-state index < -0.39 is 0 Å². The summed E-state index contributed by atoms with van der Waals surface area (Å²) in [6, 6.07) is 11.6. The number of nitrogens with zero attached hydrogens (tertiary/aromatic N) is 2. The highest BCUT2D eigenvalue weighted by Crippen LogP contribution is 2.27. The van der Waals surface area contributed by atoms with E-state index in [4.69, 9.17) is 9.47 Å². The van der Waals surface area contributed by atoms with Gasteiger partial charge in [0.15, 0.2) is 11.5 Å². The Bertz CT molecular complexity index is 1000. The number of anilines is 2. The maximum atomic E-state index is 12.5. The molecule has 2 N–H and O–H groups in total. The fourth-order valence-corrected chi connectivity index (χ4v) is 2.77. The number of amides is 1. The number of carbonyl (C=O) groups excluding carboxylic acids is 1. The molecule has 0 unspecified atom stereocenters. The second-order valence-corrected chi connectivity index (χ2v) is 6.61. The lowest BCUT2D eigenvalue weighted by Crippen LogP contribution is -2.14. The van der Waals surface area contributed by atoms with E-state index in [0.29, 0.717) is 29.6 Å². The monoisotopic (exact) mass is 392 g/mol. The van der Waals surface area contributed by atoms with Gasteiger partial charge in [-0.3, -0.25) is 4.79 Å². The Morgan fingerprint density at radius 1 is 0.966 bits per heavy atom. The fourth-order valence-electron chi connectivity index (χ4n) is 2.77. The Morgan fingerprint density at radius 3 is 2.38 bits per heavy atom. The number of nitrogens with one attached hydrogen (secondary N) is 2. The van der Waals surface area contributed by atoms with Gasteiger partial charge < -0.3 is 20.1 Å². The quantitative estimate of drug-likeness (QED) is 0.633. The first-order chi connectivity index (χ1) is 14.0. The minimum Gasteiger partial charge on any atom is -0.493 e. The van der Waals surface area contributed by atoms with Crippen LogP contribution in [0.25, 0.3) is 0 Å². The summed E-state index contributed by atoms with van der Waals surface area (Å²) < 4.78 is 10.5. The van der Waals surface area contributed by atoms with Crippen molar-refractivity contribution in [3.05, 3.63) is 71.0 Å². The first-order valence-electron chi connectivity index (χ1n) is 9.15. The molecule has 0 saturated heterocycles. The number of carbonyl (C=O) groups is 1. The van der Waals surface area contributed by atoms with Crippen molar-refractivity contribution in [2.45, 2.75) is 20.4 Å². The van der Waals surface area contributed by atoms with Crippen LogP contribution < -0.4 is 20.1 Å². The molecule has 0 aliphatic heterocycles. The molecule has 2 aromatic carbocycles. The number of hydrogen-bond donors (Lipinski definition) is 2. The minimum absolute atomic E-state index is 0.245. The summed E-state index contributed by atoms with van der Waals surface area (Å²) in [4.78, 5) is 20.9. The van der Waals surface area contributed by atoms with Crippen LogP contribution in [-0.4, -0.2) is 30.1 Å². The molecule has 0 aliphatic carbocycles. The summed E-state index contributed by atoms with van der Waals surface area (Å²) in [6.45, 7) is 4.44. The molecule has 0 saturated carbocycles. The number of aromatic nitrogens is 2. The van der Waals surface area contributed by atoms with Crippen LogP contribution in [0.15, 0.2) is 48.8 Å². The average Bonchev–Trinajstić information content (AvgIpc) is 2.74. The van der Waals surface area contributed by atoms with Gasteiger partial charge in [-0.05, 0) is 48.7 Å². The average molecular weight is 392 g/mol. The van der Waals surface area contributed by atoms with E-state index in [-0.39, 0.29) is 5.91 Å². The Kier molecular flexibility index (Phi) is 6.29. The molecule has 1 aromatic heterocycles. The molecule has 1 heterocycles. The SMILES string of the molecule is COc1ccc(CNc2ncc(C(=O)Nc3cc(C)ccc3C)cn2)cc1OC. The van der Waals surface area contributed by atoms with Crippen molar-refractivity contribution in [1.82, 2.24) is 9.97 Å².